The average molecular weight is 491 g/mol. The Bertz CT molecular complexity index is 1030. The predicted octanol–water partition coefficient (Wildman–Crippen LogP) is 2.69. The number of aliphatic carboxylic acids is 1. The number of nitrogens with zero attached hydrogens (tertiary/aromatic N) is 6. The molecule has 2 aromatic heterocycles. The lowest BCUT2D eigenvalue weighted by atomic mass is 10.1. The molecule has 0 aliphatic carbocycles. The summed E-state index contributed by atoms with van der Waals surface area (Å²) in [7, 11) is 2.00. The Kier molecular flexibility index (Phi) is 8.35. The molecule has 182 valence electrons. The number of anilines is 1. The number of rotatable bonds is 4. The summed E-state index contributed by atoms with van der Waals surface area (Å²) in [5, 5.41) is 8.52. The van der Waals surface area contributed by atoms with E-state index in [2.05, 4.69) is 19.9 Å². The molecule has 0 unspecified atom stereocenters. The lowest BCUT2D eigenvalue weighted by molar-refractivity contribution is -0.137. The first-order chi connectivity index (χ1) is 16.2. The molecular formula is C22H27ClN6O5. The molecule has 0 saturated carbocycles. The molecule has 1 N–H and O–H groups in total. The lowest BCUT2D eigenvalue weighted by Gasteiger charge is -2.33. The van der Waals surface area contributed by atoms with Crippen molar-refractivity contribution in [1.82, 2.24) is 24.8 Å². The number of hydrogen-bond acceptors (Lipinski definition) is 8. The fourth-order valence-corrected chi connectivity index (χ4v) is 3.50. The monoisotopic (exact) mass is 490 g/mol. The van der Waals surface area contributed by atoms with E-state index in [1.165, 1.54) is 23.5 Å². The first kappa shape index (κ1) is 25.3. The van der Waals surface area contributed by atoms with Crippen LogP contribution in [0.5, 0.6) is 0 Å². The van der Waals surface area contributed by atoms with Crippen molar-refractivity contribution in [3.63, 3.8) is 0 Å². The molecule has 1 saturated heterocycles. The minimum absolute atomic E-state index is 0.144. The highest BCUT2D eigenvalue weighted by Crippen LogP contribution is 2.35. The molecular weight excluding hydrogens is 464 g/mol. The van der Waals surface area contributed by atoms with Gasteiger partial charge in [0, 0.05) is 51.2 Å². The van der Waals surface area contributed by atoms with Crippen LogP contribution in [0.25, 0.3) is 0 Å². The summed E-state index contributed by atoms with van der Waals surface area (Å²) in [5.41, 5.74) is 0.437. The summed E-state index contributed by atoms with van der Waals surface area (Å²) in [4.78, 5) is 52.8. The molecule has 0 spiro atoms. The largest absolute Gasteiger partial charge is 0.481 e. The zero-order chi connectivity index (χ0) is 24.8. The minimum atomic E-state index is -1.03. The third-order valence-corrected chi connectivity index (χ3v) is 5.36. The van der Waals surface area contributed by atoms with Gasteiger partial charge in [-0.25, -0.2) is 19.7 Å². The van der Waals surface area contributed by atoms with Crippen molar-refractivity contribution >= 4 is 35.4 Å². The minimum Gasteiger partial charge on any atom is -0.481 e. The second-order valence-corrected chi connectivity index (χ2v) is 8.75. The zero-order valence-corrected chi connectivity index (χ0v) is 20.0. The van der Waals surface area contributed by atoms with Gasteiger partial charge in [0.15, 0.2) is 5.69 Å². The van der Waals surface area contributed by atoms with Gasteiger partial charge in [-0.2, -0.15) is 0 Å². The fourth-order valence-electron chi connectivity index (χ4n) is 3.39. The van der Waals surface area contributed by atoms with Gasteiger partial charge in [0.1, 0.15) is 11.5 Å². The fraction of sp³-hybridized carbons (Fsp3) is 0.455. The molecule has 2 aliphatic heterocycles. The number of carbonyl (C=O) groups is 3. The SMILES string of the molecule is CC(C)CC(=O)O.CN1CCN(C(=O)O[C@H]2c3nccnc3C(=O)N2c2ccc(Cl)cn2)CC1. The van der Waals surface area contributed by atoms with E-state index in [9.17, 15) is 14.4 Å². The topological polar surface area (TPSA) is 129 Å². The number of hydrogen-bond donors (Lipinski definition) is 1. The zero-order valence-electron chi connectivity index (χ0n) is 19.2. The maximum Gasteiger partial charge on any atom is 0.412 e. The summed E-state index contributed by atoms with van der Waals surface area (Å²) in [5.74, 6) is -0.558. The summed E-state index contributed by atoms with van der Waals surface area (Å²) in [6, 6.07) is 3.20. The Morgan fingerprint density at radius 1 is 1.15 bits per heavy atom. The van der Waals surface area contributed by atoms with E-state index >= 15 is 0 Å². The number of piperazine rings is 1. The molecule has 0 bridgehead atoms. The molecule has 11 nitrogen and oxygen atoms in total. The van der Waals surface area contributed by atoms with Gasteiger partial charge in [-0.05, 0) is 25.1 Å². The first-order valence-corrected chi connectivity index (χ1v) is 11.2. The number of halogens is 1. The van der Waals surface area contributed by atoms with Crippen molar-refractivity contribution in [2.24, 2.45) is 5.92 Å². The summed E-state index contributed by atoms with van der Waals surface area (Å²) >= 11 is 5.89. The van der Waals surface area contributed by atoms with Crippen LogP contribution in [-0.2, 0) is 9.53 Å². The first-order valence-electron chi connectivity index (χ1n) is 10.8. The Balaban J connectivity index is 0.000000406. The van der Waals surface area contributed by atoms with E-state index < -0.39 is 24.2 Å². The molecule has 2 amide bonds. The van der Waals surface area contributed by atoms with Crippen LogP contribution in [0.2, 0.25) is 5.02 Å². The Morgan fingerprint density at radius 2 is 1.82 bits per heavy atom. The van der Waals surface area contributed by atoms with Gasteiger partial charge in [-0.1, -0.05) is 25.4 Å². The molecule has 1 fully saturated rings. The van der Waals surface area contributed by atoms with Crippen LogP contribution in [0.4, 0.5) is 10.6 Å². The van der Waals surface area contributed by atoms with Crippen LogP contribution < -0.4 is 4.90 Å². The highest BCUT2D eigenvalue weighted by molar-refractivity contribution is 6.30. The van der Waals surface area contributed by atoms with Gasteiger partial charge < -0.3 is 19.6 Å². The van der Waals surface area contributed by atoms with Crippen LogP contribution in [0, 0.1) is 5.92 Å². The maximum absolute atomic E-state index is 12.8. The molecule has 34 heavy (non-hydrogen) atoms. The number of likely N-dealkylation sites (N-methyl/N-ethyl adjacent to an activating group) is 1. The average Bonchev–Trinajstić information content (AvgIpc) is 3.06. The standard InChI is InChI=1S/C17H17ClN6O3.C5H10O2/c1-22-6-8-23(9-7-22)17(26)27-16-14-13(19-4-5-20-14)15(25)24(16)12-3-2-11(18)10-21-12;1-4(2)3-5(6)7/h2-5,10,16H,6-9H2,1H3;4H,3H2,1-2H3,(H,6,7)/t16-;/m0./s1. The normalized spacial score (nSPS) is 17.8. The van der Waals surface area contributed by atoms with E-state index in [1.54, 1.807) is 17.0 Å². The third kappa shape index (κ3) is 6.17. The Morgan fingerprint density at radius 3 is 2.38 bits per heavy atom. The van der Waals surface area contributed by atoms with E-state index in [0.29, 0.717) is 29.6 Å². The number of aromatic nitrogens is 3. The number of carboxylic acid groups (broad SMARTS) is 1. The molecule has 12 heteroatoms. The molecule has 1 atom stereocenters. The Hall–Kier alpha value is -3.31. The van der Waals surface area contributed by atoms with Crippen molar-refractivity contribution in [2.45, 2.75) is 26.5 Å². The predicted molar refractivity (Wildman–Crippen MR) is 123 cm³/mol. The van der Waals surface area contributed by atoms with Crippen molar-refractivity contribution in [3.05, 3.63) is 47.1 Å². The second-order valence-electron chi connectivity index (χ2n) is 8.32. The van der Waals surface area contributed by atoms with Crippen LogP contribution in [-0.4, -0.2) is 81.1 Å². The number of amides is 2. The smallest absolute Gasteiger partial charge is 0.412 e. The van der Waals surface area contributed by atoms with Gasteiger partial charge in [-0.15, -0.1) is 0 Å². The van der Waals surface area contributed by atoms with Crippen LogP contribution in [0.15, 0.2) is 30.7 Å². The quantitative estimate of drug-likeness (QED) is 0.687. The molecule has 0 radical (unpaired) electrons. The van der Waals surface area contributed by atoms with Gasteiger partial charge in [-0.3, -0.25) is 14.6 Å². The highest BCUT2D eigenvalue weighted by atomic mass is 35.5. The molecule has 2 aromatic rings. The van der Waals surface area contributed by atoms with E-state index in [-0.39, 0.29) is 18.0 Å². The van der Waals surface area contributed by atoms with Gasteiger partial charge >= 0.3 is 12.1 Å². The van der Waals surface area contributed by atoms with Crippen molar-refractivity contribution in [2.75, 3.05) is 38.1 Å². The van der Waals surface area contributed by atoms with E-state index in [1.807, 2.05) is 20.9 Å². The van der Waals surface area contributed by atoms with Crippen molar-refractivity contribution < 1.29 is 24.2 Å². The van der Waals surface area contributed by atoms with Crippen LogP contribution in [0.1, 0.15) is 42.7 Å². The van der Waals surface area contributed by atoms with E-state index in [0.717, 1.165) is 13.1 Å². The third-order valence-electron chi connectivity index (χ3n) is 5.13. The van der Waals surface area contributed by atoms with Crippen molar-refractivity contribution in [3.8, 4) is 0 Å². The summed E-state index contributed by atoms with van der Waals surface area (Å²) in [6.07, 6.45) is 3.06. The number of pyridine rings is 1. The summed E-state index contributed by atoms with van der Waals surface area (Å²) < 4.78 is 5.68. The summed E-state index contributed by atoms with van der Waals surface area (Å²) in [6.45, 7) is 6.41. The van der Waals surface area contributed by atoms with E-state index in [4.69, 9.17) is 21.4 Å². The molecule has 0 aromatic carbocycles. The second kappa shape index (κ2) is 11.2. The van der Waals surface area contributed by atoms with Gasteiger partial charge in [0.05, 0.1) is 5.02 Å². The number of ether oxygens (including phenoxy) is 1. The van der Waals surface area contributed by atoms with Crippen LogP contribution in [0.3, 0.4) is 0 Å². The van der Waals surface area contributed by atoms with Gasteiger partial charge in [0.25, 0.3) is 5.91 Å². The van der Waals surface area contributed by atoms with Crippen LogP contribution >= 0.6 is 11.6 Å². The molecule has 4 heterocycles. The van der Waals surface area contributed by atoms with Crippen molar-refractivity contribution in [1.29, 1.82) is 0 Å². The lowest BCUT2D eigenvalue weighted by Crippen LogP contribution is -2.48. The Labute approximate surface area is 202 Å². The highest BCUT2D eigenvalue weighted by Gasteiger charge is 2.44. The molecule has 2 aliphatic rings. The number of carbonyl (C=O) groups excluding carboxylic acids is 2. The number of carboxylic acids is 1. The van der Waals surface area contributed by atoms with Gasteiger partial charge in [0.2, 0.25) is 6.23 Å². The number of fused-ring (bicyclic) bond motifs is 1. The molecule has 4 rings (SSSR count). The maximum atomic E-state index is 12.8.